The van der Waals surface area contributed by atoms with Crippen LogP contribution in [-0.4, -0.2) is 12.6 Å². The predicted molar refractivity (Wildman–Crippen MR) is 60.9 cm³/mol. The van der Waals surface area contributed by atoms with Crippen LogP contribution in [0.1, 0.15) is 31.0 Å². The normalized spacial score (nSPS) is 23.1. The number of hydrogen-bond donors (Lipinski definition) is 1. The molecule has 0 bridgehead atoms. The second-order valence-electron chi connectivity index (χ2n) is 4.12. The maximum atomic E-state index is 14.1. The third-order valence-corrected chi connectivity index (χ3v) is 3.30. The summed E-state index contributed by atoms with van der Waals surface area (Å²) in [4.78, 5) is 0. The van der Waals surface area contributed by atoms with Crippen molar-refractivity contribution in [2.75, 3.05) is 6.54 Å². The molecule has 1 heterocycles. The fraction of sp³-hybridized carbons (Fsp3) is 0.500. The maximum absolute atomic E-state index is 14.1. The van der Waals surface area contributed by atoms with Gasteiger partial charge in [0.1, 0.15) is 12.0 Å². The highest BCUT2D eigenvalue weighted by Gasteiger charge is 2.26. The smallest absolute Gasteiger partial charge is 0.142 e. The van der Waals surface area contributed by atoms with Crippen molar-refractivity contribution in [3.05, 3.63) is 34.6 Å². The molecular formula is C12H14ClF2N. The largest absolute Gasteiger partial charge is 0.311 e. The molecule has 1 aliphatic rings. The summed E-state index contributed by atoms with van der Waals surface area (Å²) in [5.74, 6) is -0.446. The highest BCUT2D eigenvalue weighted by Crippen LogP contribution is 2.31. The molecule has 1 aromatic carbocycles. The van der Waals surface area contributed by atoms with E-state index in [0.717, 1.165) is 25.8 Å². The number of nitrogens with one attached hydrogen (secondary N) is 1. The minimum Gasteiger partial charge on any atom is -0.311 e. The van der Waals surface area contributed by atoms with Gasteiger partial charge in [-0.25, -0.2) is 8.78 Å². The van der Waals surface area contributed by atoms with Crippen molar-refractivity contribution >= 4 is 11.6 Å². The van der Waals surface area contributed by atoms with Crippen LogP contribution in [0.5, 0.6) is 0 Å². The van der Waals surface area contributed by atoms with Crippen LogP contribution in [0.15, 0.2) is 18.2 Å². The van der Waals surface area contributed by atoms with Crippen molar-refractivity contribution in [1.29, 1.82) is 0 Å². The summed E-state index contributed by atoms with van der Waals surface area (Å²) in [5, 5.41) is 3.40. The van der Waals surface area contributed by atoms with Crippen LogP contribution in [0.25, 0.3) is 0 Å². The van der Waals surface area contributed by atoms with E-state index in [9.17, 15) is 8.78 Å². The minimum absolute atomic E-state index is 0.243. The molecule has 2 atom stereocenters. The van der Waals surface area contributed by atoms with Gasteiger partial charge in [-0.2, -0.15) is 0 Å². The summed E-state index contributed by atoms with van der Waals surface area (Å²) >= 11 is 5.88. The predicted octanol–water partition coefficient (Wildman–Crippen LogP) is 3.63. The summed E-state index contributed by atoms with van der Waals surface area (Å²) in [6, 6.07) is 3.59. The molecule has 16 heavy (non-hydrogen) atoms. The summed E-state index contributed by atoms with van der Waals surface area (Å²) < 4.78 is 27.2. The van der Waals surface area contributed by atoms with Gasteiger partial charge in [0.2, 0.25) is 0 Å². The van der Waals surface area contributed by atoms with Gasteiger partial charge >= 0.3 is 0 Å². The van der Waals surface area contributed by atoms with Crippen LogP contribution in [0.4, 0.5) is 8.78 Å². The highest BCUT2D eigenvalue weighted by atomic mass is 35.5. The van der Waals surface area contributed by atoms with E-state index in [1.807, 2.05) is 0 Å². The first-order chi connectivity index (χ1) is 7.68. The van der Waals surface area contributed by atoms with Gasteiger partial charge < -0.3 is 5.32 Å². The molecular weight excluding hydrogens is 232 g/mol. The van der Waals surface area contributed by atoms with Gasteiger partial charge in [0.15, 0.2) is 0 Å². The number of alkyl halides is 1. The van der Waals surface area contributed by atoms with Crippen molar-refractivity contribution in [2.45, 2.75) is 31.5 Å². The summed E-state index contributed by atoms with van der Waals surface area (Å²) in [7, 11) is 0. The first-order valence-electron chi connectivity index (χ1n) is 5.51. The Bertz CT molecular complexity index is 364. The fourth-order valence-corrected chi connectivity index (χ4v) is 2.29. The maximum Gasteiger partial charge on any atom is 0.142 e. The summed E-state index contributed by atoms with van der Waals surface area (Å²) in [6.45, 7) is 0.817. The average molecular weight is 246 g/mol. The van der Waals surface area contributed by atoms with Gasteiger partial charge in [-0.15, -0.1) is 0 Å². The SMILES string of the molecule is Fc1ccc(Cl)c(C(F)C2CCCCN2)c1. The van der Waals surface area contributed by atoms with Crippen molar-refractivity contribution in [2.24, 2.45) is 0 Å². The standard InChI is InChI=1S/C12H14ClF2N/c13-10-5-4-8(14)7-9(10)12(15)11-3-1-2-6-16-11/h4-5,7,11-12,16H,1-3,6H2. The van der Waals surface area contributed by atoms with Gasteiger partial charge in [-0.1, -0.05) is 18.0 Å². The van der Waals surface area contributed by atoms with Gasteiger partial charge in [0, 0.05) is 16.6 Å². The molecule has 1 saturated heterocycles. The lowest BCUT2D eigenvalue weighted by atomic mass is 9.96. The number of benzene rings is 1. The van der Waals surface area contributed by atoms with Crippen molar-refractivity contribution in [3.8, 4) is 0 Å². The topological polar surface area (TPSA) is 12.0 Å². The Morgan fingerprint density at radius 1 is 1.38 bits per heavy atom. The molecule has 0 radical (unpaired) electrons. The van der Waals surface area contributed by atoms with Crippen molar-refractivity contribution in [3.63, 3.8) is 0 Å². The van der Waals surface area contributed by atoms with Gasteiger partial charge in [0.25, 0.3) is 0 Å². The third-order valence-electron chi connectivity index (χ3n) is 2.96. The van der Waals surface area contributed by atoms with Gasteiger partial charge in [-0.05, 0) is 37.6 Å². The molecule has 0 spiro atoms. The van der Waals surface area contributed by atoms with E-state index in [2.05, 4.69) is 5.32 Å². The number of rotatable bonds is 2. The van der Waals surface area contributed by atoms with Crippen LogP contribution in [0.2, 0.25) is 5.02 Å². The molecule has 4 heteroatoms. The van der Waals surface area contributed by atoms with E-state index in [0.29, 0.717) is 5.02 Å². The quantitative estimate of drug-likeness (QED) is 0.839. The van der Waals surface area contributed by atoms with Crippen molar-refractivity contribution in [1.82, 2.24) is 5.32 Å². The van der Waals surface area contributed by atoms with E-state index >= 15 is 0 Å². The van der Waals surface area contributed by atoms with E-state index in [1.165, 1.54) is 18.2 Å². The van der Waals surface area contributed by atoms with Crippen LogP contribution in [0, 0.1) is 5.82 Å². The van der Waals surface area contributed by atoms with Crippen LogP contribution < -0.4 is 5.32 Å². The van der Waals surface area contributed by atoms with Gasteiger partial charge in [0.05, 0.1) is 0 Å². The lowest BCUT2D eigenvalue weighted by Crippen LogP contribution is -2.37. The summed E-state index contributed by atoms with van der Waals surface area (Å²) in [5.41, 5.74) is 0.251. The monoisotopic (exact) mass is 245 g/mol. The molecule has 0 amide bonds. The molecule has 1 aromatic rings. The number of piperidine rings is 1. The molecule has 2 rings (SSSR count). The first-order valence-corrected chi connectivity index (χ1v) is 5.88. The van der Waals surface area contributed by atoms with Crippen LogP contribution >= 0.6 is 11.6 Å². The van der Waals surface area contributed by atoms with Crippen molar-refractivity contribution < 1.29 is 8.78 Å². The van der Waals surface area contributed by atoms with Gasteiger partial charge in [-0.3, -0.25) is 0 Å². The zero-order valence-corrected chi connectivity index (χ0v) is 9.61. The first kappa shape index (κ1) is 11.8. The van der Waals surface area contributed by atoms with E-state index in [4.69, 9.17) is 11.6 Å². The third kappa shape index (κ3) is 2.53. The van der Waals surface area contributed by atoms with E-state index in [1.54, 1.807) is 0 Å². The summed E-state index contributed by atoms with van der Waals surface area (Å²) in [6.07, 6.45) is 1.61. The van der Waals surface area contributed by atoms with E-state index < -0.39 is 12.0 Å². The molecule has 88 valence electrons. The number of hydrogen-bond acceptors (Lipinski definition) is 1. The zero-order valence-electron chi connectivity index (χ0n) is 8.85. The minimum atomic E-state index is -1.23. The lowest BCUT2D eigenvalue weighted by molar-refractivity contribution is 0.221. The second kappa shape index (κ2) is 5.11. The van der Waals surface area contributed by atoms with Crippen LogP contribution in [0.3, 0.4) is 0 Å². The fourth-order valence-electron chi connectivity index (χ4n) is 2.07. The average Bonchev–Trinajstić information content (AvgIpc) is 2.32. The lowest BCUT2D eigenvalue weighted by Gasteiger charge is -2.27. The Labute approximate surface area is 98.8 Å². The van der Waals surface area contributed by atoms with E-state index in [-0.39, 0.29) is 11.6 Å². The molecule has 1 fully saturated rings. The molecule has 1 aliphatic heterocycles. The Hall–Kier alpha value is -0.670. The molecule has 1 N–H and O–H groups in total. The Morgan fingerprint density at radius 3 is 2.88 bits per heavy atom. The highest BCUT2D eigenvalue weighted by molar-refractivity contribution is 6.31. The zero-order chi connectivity index (χ0) is 11.5. The molecule has 0 saturated carbocycles. The van der Waals surface area contributed by atoms with Crippen LogP contribution in [-0.2, 0) is 0 Å². The molecule has 0 aliphatic carbocycles. The number of halogens is 3. The molecule has 2 unspecified atom stereocenters. The Kier molecular flexibility index (Phi) is 3.77. The Balaban J connectivity index is 2.18. The molecule has 1 nitrogen and oxygen atoms in total. The Morgan fingerprint density at radius 2 is 2.19 bits per heavy atom. The molecule has 0 aromatic heterocycles. The second-order valence-corrected chi connectivity index (χ2v) is 4.53.